The number of carbonyl (C=O) groups is 1. The third kappa shape index (κ3) is 5.99. The summed E-state index contributed by atoms with van der Waals surface area (Å²) in [7, 11) is 4.64. The molecule has 0 radical (unpaired) electrons. The molecule has 0 aliphatic rings. The number of carbonyl (C=O) groups excluding carboxylic acids is 1. The summed E-state index contributed by atoms with van der Waals surface area (Å²) >= 11 is 0. The van der Waals surface area contributed by atoms with Gasteiger partial charge < -0.3 is 14.2 Å². The first-order valence-corrected chi connectivity index (χ1v) is 6.47. The van der Waals surface area contributed by atoms with Gasteiger partial charge in [0.05, 0.1) is 32.9 Å². The molecule has 0 unspecified atom stereocenters. The van der Waals surface area contributed by atoms with Crippen molar-refractivity contribution in [2.75, 3.05) is 41.0 Å². The molecule has 1 heterocycles. The van der Waals surface area contributed by atoms with Crippen molar-refractivity contribution in [3.63, 3.8) is 0 Å². The van der Waals surface area contributed by atoms with Gasteiger partial charge in [0.15, 0.2) is 0 Å². The van der Waals surface area contributed by atoms with Crippen LogP contribution in [0.1, 0.15) is 12.1 Å². The first kappa shape index (κ1) is 16.4. The quantitative estimate of drug-likeness (QED) is 0.632. The predicted molar refractivity (Wildman–Crippen MR) is 74.6 cm³/mol. The first-order chi connectivity index (χ1) is 9.69. The summed E-state index contributed by atoms with van der Waals surface area (Å²) in [4.78, 5) is 17.7. The maximum atomic E-state index is 11.2. The minimum Gasteiger partial charge on any atom is -0.481 e. The van der Waals surface area contributed by atoms with Gasteiger partial charge in [-0.3, -0.25) is 9.69 Å². The summed E-state index contributed by atoms with van der Waals surface area (Å²) in [6.07, 6.45) is 0.351. The van der Waals surface area contributed by atoms with Crippen LogP contribution in [-0.2, 0) is 20.8 Å². The lowest BCUT2D eigenvalue weighted by atomic mass is 10.3. The molecule has 6 heteroatoms. The van der Waals surface area contributed by atoms with Crippen molar-refractivity contribution in [2.45, 2.75) is 13.0 Å². The molecule has 0 aliphatic carbocycles. The number of pyridine rings is 1. The van der Waals surface area contributed by atoms with E-state index in [1.807, 2.05) is 12.1 Å². The van der Waals surface area contributed by atoms with E-state index in [1.165, 1.54) is 7.11 Å². The van der Waals surface area contributed by atoms with Crippen LogP contribution in [0.3, 0.4) is 0 Å². The second kappa shape index (κ2) is 9.28. The average Bonchev–Trinajstić information content (AvgIpc) is 2.49. The molecule has 1 aromatic heterocycles. The molecule has 0 saturated heterocycles. The highest BCUT2D eigenvalue weighted by Gasteiger charge is 2.10. The van der Waals surface area contributed by atoms with E-state index in [4.69, 9.17) is 9.47 Å². The zero-order valence-corrected chi connectivity index (χ0v) is 12.3. The van der Waals surface area contributed by atoms with Gasteiger partial charge >= 0.3 is 5.97 Å². The number of esters is 1. The number of hydrogen-bond donors (Lipinski definition) is 0. The summed E-state index contributed by atoms with van der Waals surface area (Å²) in [6.45, 7) is 2.57. The van der Waals surface area contributed by atoms with Gasteiger partial charge in [-0.15, -0.1) is 0 Å². The zero-order valence-electron chi connectivity index (χ0n) is 12.3. The number of hydrogen-bond acceptors (Lipinski definition) is 6. The summed E-state index contributed by atoms with van der Waals surface area (Å²) < 4.78 is 14.8. The van der Waals surface area contributed by atoms with Crippen LogP contribution in [0.5, 0.6) is 5.88 Å². The van der Waals surface area contributed by atoms with Crippen molar-refractivity contribution in [2.24, 2.45) is 0 Å². The highest BCUT2D eigenvalue weighted by Crippen LogP contribution is 2.09. The van der Waals surface area contributed by atoms with Crippen molar-refractivity contribution in [1.82, 2.24) is 9.88 Å². The van der Waals surface area contributed by atoms with E-state index in [-0.39, 0.29) is 5.97 Å². The molecule has 112 valence electrons. The van der Waals surface area contributed by atoms with E-state index < -0.39 is 0 Å². The van der Waals surface area contributed by atoms with Crippen LogP contribution in [0.15, 0.2) is 18.2 Å². The largest absolute Gasteiger partial charge is 0.481 e. The Balaban J connectivity index is 2.59. The molecule has 0 aromatic carbocycles. The fraction of sp³-hybridized carbons (Fsp3) is 0.571. The van der Waals surface area contributed by atoms with Crippen molar-refractivity contribution in [3.8, 4) is 5.88 Å². The van der Waals surface area contributed by atoms with Crippen molar-refractivity contribution in [3.05, 3.63) is 23.9 Å². The normalized spacial score (nSPS) is 10.6. The fourth-order valence-electron chi connectivity index (χ4n) is 1.73. The van der Waals surface area contributed by atoms with Gasteiger partial charge in [0.1, 0.15) is 0 Å². The Morgan fingerprint density at radius 1 is 1.25 bits per heavy atom. The number of ether oxygens (including phenoxy) is 3. The summed E-state index contributed by atoms with van der Waals surface area (Å²) in [6, 6.07) is 5.63. The van der Waals surface area contributed by atoms with Crippen molar-refractivity contribution >= 4 is 5.97 Å². The van der Waals surface area contributed by atoms with Crippen LogP contribution in [0.25, 0.3) is 0 Å². The summed E-state index contributed by atoms with van der Waals surface area (Å²) in [5.41, 5.74) is 0.894. The van der Waals surface area contributed by atoms with Crippen molar-refractivity contribution < 1.29 is 19.0 Å². The Hall–Kier alpha value is -1.66. The number of aromatic nitrogens is 1. The van der Waals surface area contributed by atoms with Gasteiger partial charge in [0.25, 0.3) is 0 Å². The zero-order chi connectivity index (χ0) is 14.8. The van der Waals surface area contributed by atoms with E-state index in [1.54, 1.807) is 20.3 Å². The van der Waals surface area contributed by atoms with Crippen LogP contribution in [0, 0.1) is 0 Å². The molecule has 0 saturated carbocycles. The number of nitrogens with zero attached hydrogens (tertiary/aromatic N) is 2. The molecule has 6 nitrogen and oxygen atoms in total. The number of rotatable bonds is 9. The van der Waals surface area contributed by atoms with E-state index >= 15 is 0 Å². The van der Waals surface area contributed by atoms with Crippen LogP contribution < -0.4 is 4.74 Å². The Labute approximate surface area is 119 Å². The smallest absolute Gasteiger partial charge is 0.306 e. The Morgan fingerprint density at radius 2 is 2.05 bits per heavy atom. The van der Waals surface area contributed by atoms with Crippen LogP contribution >= 0.6 is 0 Å². The van der Waals surface area contributed by atoms with Gasteiger partial charge in [0, 0.05) is 32.8 Å². The van der Waals surface area contributed by atoms with E-state index in [2.05, 4.69) is 14.6 Å². The maximum absolute atomic E-state index is 11.2. The molecule has 20 heavy (non-hydrogen) atoms. The lowest BCUT2D eigenvalue weighted by Gasteiger charge is -2.21. The summed E-state index contributed by atoms with van der Waals surface area (Å²) in [5, 5.41) is 0. The minimum absolute atomic E-state index is 0.217. The predicted octanol–water partition coefficient (Wildman–Crippen LogP) is 1.10. The van der Waals surface area contributed by atoms with Crippen molar-refractivity contribution in [1.29, 1.82) is 0 Å². The van der Waals surface area contributed by atoms with Crippen LogP contribution in [0.2, 0.25) is 0 Å². The lowest BCUT2D eigenvalue weighted by molar-refractivity contribution is -0.141. The summed E-state index contributed by atoms with van der Waals surface area (Å²) in [5.74, 6) is 0.369. The minimum atomic E-state index is -0.217. The highest BCUT2D eigenvalue weighted by molar-refractivity contribution is 5.69. The van der Waals surface area contributed by atoms with Gasteiger partial charge in [-0.25, -0.2) is 4.98 Å². The topological polar surface area (TPSA) is 60.9 Å². The van der Waals surface area contributed by atoms with E-state index in [9.17, 15) is 4.79 Å². The fourth-order valence-corrected chi connectivity index (χ4v) is 1.73. The Morgan fingerprint density at radius 3 is 2.70 bits per heavy atom. The molecule has 0 bridgehead atoms. The molecule has 0 amide bonds. The first-order valence-electron chi connectivity index (χ1n) is 6.47. The second-order valence-corrected chi connectivity index (χ2v) is 4.27. The SMILES string of the molecule is COCCN(CCC(=O)OC)Cc1cccc(OC)n1. The van der Waals surface area contributed by atoms with E-state index in [0.29, 0.717) is 32.0 Å². The third-order valence-electron chi connectivity index (χ3n) is 2.85. The van der Waals surface area contributed by atoms with E-state index in [0.717, 1.165) is 12.2 Å². The number of methoxy groups -OCH3 is 3. The van der Waals surface area contributed by atoms with Crippen LogP contribution in [-0.4, -0.2) is 56.9 Å². The molecular formula is C14H22N2O4. The molecule has 0 spiro atoms. The third-order valence-corrected chi connectivity index (χ3v) is 2.85. The molecule has 0 aliphatic heterocycles. The van der Waals surface area contributed by atoms with Gasteiger partial charge in [-0.2, -0.15) is 0 Å². The molecular weight excluding hydrogens is 260 g/mol. The van der Waals surface area contributed by atoms with Gasteiger partial charge in [-0.05, 0) is 6.07 Å². The Bertz CT molecular complexity index is 412. The molecule has 0 fully saturated rings. The highest BCUT2D eigenvalue weighted by atomic mass is 16.5. The van der Waals surface area contributed by atoms with Crippen LogP contribution in [0.4, 0.5) is 0 Å². The van der Waals surface area contributed by atoms with Gasteiger partial charge in [-0.1, -0.05) is 6.07 Å². The molecule has 1 rings (SSSR count). The average molecular weight is 282 g/mol. The monoisotopic (exact) mass is 282 g/mol. The molecule has 0 atom stereocenters. The molecule has 0 N–H and O–H groups in total. The maximum Gasteiger partial charge on any atom is 0.306 e. The Kier molecular flexibility index (Phi) is 7.60. The lowest BCUT2D eigenvalue weighted by Crippen LogP contribution is -2.30. The molecule has 1 aromatic rings. The van der Waals surface area contributed by atoms with Gasteiger partial charge in [0.2, 0.25) is 5.88 Å². The standard InChI is InChI=1S/C14H22N2O4/c1-18-10-9-16(8-7-14(17)20-3)11-12-5-4-6-13(15-12)19-2/h4-6H,7-11H2,1-3H3. The second-order valence-electron chi connectivity index (χ2n) is 4.27.